The number of methoxy groups -OCH3 is 1. The van der Waals surface area contributed by atoms with Crippen molar-refractivity contribution in [3.63, 3.8) is 0 Å². The number of nitrogens with one attached hydrogen (secondary N) is 2. The Morgan fingerprint density at radius 2 is 2.17 bits per heavy atom. The third-order valence-electron chi connectivity index (χ3n) is 1.93. The van der Waals surface area contributed by atoms with Crippen LogP contribution >= 0.6 is 0 Å². The van der Waals surface area contributed by atoms with Crippen LogP contribution in [-0.4, -0.2) is 35.8 Å². The average molecular weight is 254 g/mol. The highest BCUT2D eigenvalue weighted by molar-refractivity contribution is 5.90. The van der Waals surface area contributed by atoms with E-state index in [0.29, 0.717) is 11.5 Å². The van der Waals surface area contributed by atoms with Gasteiger partial charge in [-0.15, -0.1) is 0 Å². The number of aromatic nitrogens is 2. The van der Waals surface area contributed by atoms with Crippen LogP contribution in [0, 0.1) is 0 Å². The van der Waals surface area contributed by atoms with E-state index in [2.05, 4.69) is 20.6 Å². The highest BCUT2D eigenvalue weighted by Crippen LogP contribution is 2.28. The second-order valence-corrected chi connectivity index (χ2v) is 3.75. The Kier molecular flexibility index (Phi) is 5.16. The van der Waals surface area contributed by atoms with Crippen molar-refractivity contribution in [2.45, 2.75) is 26.8 Å². The van der Waals surface area contributed by atoms with E-state index in [1.165, 1.54) is 13.4 Å². The zero-order valence-electron chi connectivity index (χ0n) is 11.0. The fourth-order valence-electron chi connectivity index (χ4n) is 1.29. The Morgan fingerprint density at radius 1 is 1.44 bits per heavy atom. The van der Waals surface area contributed by atoms with Crippen molar-refractivity contribution >= 4 is 17.6 Å². The molecule has 1 aromatic rings. The summed E-state index contributed by atoms with van der Waals surface area (Å²) in [6.45, 7) is 5.94. The SMILES string of the molecule is CCOC(=O)Nc1c(NC(C)C)ncnc1OC. The molecule has 0 radical (unpaired) electrons. The van der Waals surface area contributed by atoms with Gasteiger partial charge in [0.15, 0.2) is 5.82 Å². The van der Waals surface area contributed by atoms with Crippen LogP contribution in [0.3, 0.4) is 0 Å². The summed E-state index contributed by atoms with van der Waals surface area (Å²) in [5, 5.41) is 5.66. The van der Waals surface area contributed by atoms with Gasteiger partial charge in [-0.05, 0) is 20.8 Å². The largest absolute Gasteiger partial charge is 0.479 e. The van der Waals surface area contributed by atoms with Crippen LogP contribution in [0.2, 0.25) is 0 Å². The summed E-state index contributed by atoms with van der Waals surface area (Å²) < 4.78 is 9.90. The first kappa shape index (κ1) is 14.0. The zero-order chi connectivity index (χ0) is 13.5. The molecule has 0 aliphatic carbocycles. The van der Waals surface area contributed by atoms with E-state index in [1.807, 2.05) is 13.8 Å². The summed E-state index contributed by atoms with van der Waals surface area (Å²) in [6.07, 6.45) is 0.789. The lowest BCUT2D eigenvalue weighted by Crippen LogP contribution is -2.19. The molecule has 0 unspecified atom stereocenters. The van der Waals surface area contributed by atoms with Crippen LogP contribution in [0.1, 0.15) is 20.8 Å². The van der Waals surface area contributed by atoms with Gasteiger partial charge in [0.1, 0.15) is 12.0 Å². The summed E-state index contributed by atoms with van der Waals surface area (Å²) in [4.78, 5) is 19.4. The van der Waals surface area contributed by atoms with Gasteiger partial charge >= 0.3 is 6.09 Å². The second kappa shape index (κ2) is 6.63. The predicted molar refractivity (Wildman–Crippen MR) is 68.0 cm³/mol. The molecule has 1 heterocycles. The second-order valence-electron chi connectivity index (χ2n) is 3.75. The molecule has 2 N–H and O–H groups in total. The fraction of sp³-hybridized carbons (Fsp3) is 0.545. The third kappa shape index (κ3) is 3.76. The van der Waals surface area contributed by atoms with Gasteiger partial charge in [-0.25, -0.2) is 9.78 Å². The van der Waals surface area contributed by atoms with Gasteiger partial charge in [0.2, 0.25) is 5.88 Å². The van der Waals surface area contributed by atoms with Crippen LogP contribution in [0.4, 0.5) is 16.3 Å². The summed E-state index contributed by atoms with van der Waals surface area (Å²) in [5.41, 5.74) is 0.368. The minimum atomic E-state index is -0.572. The Balaban J connectivity index is 2.99. The highest BCUT2D eigenvalue weighted by atomic mass is 16.5. The molecule has 0 saturated carbocycles. The van der Waals surface area contributed by atoms with E-state index < -0.39 is 6.09 Å². The first-order valence-corrected chi connectivity index (χ1v) is 5.67. The molecule has 0 spiro atoms. The molecule has 0 aromatic carbocycles. The van der Waals surface area contributed by atoms with Crippen molar-refractivity contribution in [3.8, 4) is 5.88 Å². The van der Waals surface area contributed by atoms with Gasteiger partial charge < -0.3 is 14.8 Å². The molecule has 1 aromatic heterocycles. The molecule has 7 nitrogen and oxygen atoms in total. The molecular formula is C11H18N4O3. The maximum atomic E-state index is 11.4. The van der Waals surface area contributed by atoms with Crippen LogP contribution < -0.4 is 15.4 Å². The number of amides is 1. The summed E-state index contributed by atoms with van der Waals surface area (Å²) in [5.74, 6) is 0.770. The topological polar surface area (TPSA) is 85.4 Å². The van der Waals surface area contributed by atoms with Crippen molar-refractivity contribution < 1.29 is 14.3 Å². The van der Waals surface area contributed by atoms with Crippen LogP contribution in [0.15, 0.2) is 6.33 Å². The van der Waals surface area contributed by atoms with Gasteiger partial charge in [-0.2, -0.15) is 4.98 Å². The smallest absolute Gasteiger partial charge is 0.411 e. The average Bonchev–Trinajstić information content (AvgIpc) is 2.31. The molecule has 1 amide bonds. The normalized spacial score (nSPS) is 10.1. The molecule has 0 aliphatic rings. The number of nitrogens with zero attached hydrogens (tertiary/aromatic N) is 2. The van der Waals surface area contributed by atoms with E-state index >= 15 is 0 Å². The van der Waals surface area contributed by atoms with E-state index in [0.717, 1.165) is 0 Å². The fourth-order valence-corrected chi connectivity index (χ4v) is 1.29. The van der Waals surface area contributed by atoms with E-state index in [4.69, 9.17) is 9.47 Å². The molecule has 0 atom stereocenters. The molecular weight excluding hydrogens is 236 g/mol. The minimum absolute atomic E-state index is 0.160. The lowest BCUT2D eigenvalue weighted by Gasteiger charge is -2.15. The van der Waals surface area contributed by atoms with Crippen molar-refractivity contribution in [2.75, 3.05) is 24.4 Å². The Hall–Kier alpha value is -2.05. The standard InChI is InChI=1S/C11H18N4O3/c1-5-18-11(16)15-8-9(14-7(2)3)12-6-13-10(8)17-4/h6-7H,5H2,1-4H3,(H,15,16)(H,12,13,14). The van der Waals surface area contributed by atoms with Crippen molar-refractivity contribution in [2.24, 2.45) is 0 Å². The van der Waals surface area contributed by atoms with E-state index in [9.17, 15) is 4.79 Å². The maximum absolute atomic E-state index is 11.4. The van der Waals surface area contributed by atoms with Crippen LogP contribution in [0.5, 0.6) is 5.88 Å². The highest BCUT2D eigenvalue weighted by Gasteiger charge is 2.16. The molecule has 0 saturated heterocycles. The maximum Gasteiger partial charge on any atom is 0.411 e. The lowest BCUT2D eigenvalue weighted by molar-refractivity contribution is 0.167. The lowest BCUT2D eigenvalue weighted by atomic mass is 10.3. The first-order valence-electron chi connectivity index (χ1n) is 5.67. The van der Waals surface area contributed by atoms with Crippen molar-refractivity contribution in [1.82, 2.24) is 9.97 Å². The number of carbonyl (C=O) groups is 1. The van der Waals surface area contributed by atoms with Gasteiger partial charge in [-0.1, -0.05) is 0 Å². The number of carbonyl (C=O) groups excluding carboxylic acids is 1. The Bertz CT molecular complexity index is 409. The summed E-state index contributed by atoms with van der Waals surface area (Å²) in [6, 6.07) is 0.160. The van der Waals surface area contributed by atoms with E-state index in [1.54, 1.807) is 6.92 Å². The minimum Gasteiger partial charge on any atom is -0.479 e. The Labute approximate surface area is 106 Å². The number of hydrogen-bond acceptors (Lipinski definition) is 6. The van der Waals surface area contributed by atoms with Crippen molar-refractivity contribution in [3.05, 3.63) is 6.33 Å². The number of ether oxygens (including phenoxy) is 2. The van der Waals surface area contributed by atoms with Gasteiger partial charge in [0, 0.05) is 6.04 Å². The number of rotatable bonds is 5. The molecule has 1 rings (SSSR count). The first-order chi connectivity index (χ1) is 8.58. The molecule has 0 aliphatic heterocycles. The van der Waals surface area contributed by atoms with Gasteiger partial charge in [-0.3, -0.25) is 5.32 Å². The molecule has 100 valence electrons. The monoisotopic (exact) mass is 254 g/mol. The molecule has 7 heteroatoms. The number of anilines is 2. The number of hydrogen-bond donors (Lipinski definition) is 2. The summed E-state index contributed by atoms with van der Waals surface area (Å²) >= 11 is 0. The molecule has 0 fully saturated rings. The quantitative estimate of drug-likeness (QED) is 0.834. The van der Waals surface area contributed by atoms with Crippen LogP contribution in [0.25, 0.3) is 0 Å². The molecule has 0 bridgehead atoms. The van der Waals surface area contributed by atoms with Crippen molar-refractivity contribution in [1.29, 1.82) is 0 Å². The summed E-state index contributed by atoms with van der Waals surface area (Å²) in [7, 11) is 1.47. The third-order valence-corrected chi connectivity index (χ3v) is 1.93. The van der Waals surface area contributed by atoms with E-state index in [-0.39, 0.29) is 18.5 Å². The Morgan fingerprint density at radius 3 is 2.72 bits per heavy atom. The van der Waals surface area contributed by atoms with Crippen LogP contribution in [-0.2, 0) is 4.74 Å². The predicted octanol–water partition coefficient (Wildman–Crippen LogP) is 1.87. The van der Waals surface area contributed by atoms with Gasteiger partial charge in [0.25, 0.3) is 0 Å². The molecule has 18 heavy (non-hydrogen) atoms. The zero-order valence-corrected chi connectivity index (χ0v) is 11.0. The van der Waals surface area contributed by atoms with Gasteiger partial charge in [0.05, 0.1) is 13.7 Å².